The van der Waals surface area contributed by atoms with Crippen LogP contribution in [-0.4, -0.2) is 109 Å². The number of hydrogen-bond acceptors (Lipinski definition) is 10. The number of hydrogen-bond donors (Lipinski definition) is 8. The maximum Gasteiger partial charge on any atom is 0.155 e. The summed E-state index contributed by atoms with van der Waals surface area (Å²) >= 11 is 0. The molecule has 136 valence electrons. The predicted octanol–water partition coefficient (Wildman–Crippen LogP) is -4.73. The van der Waals surface area contributed by atoms with E-state index in [-0.39, 0.29) is 6.42 Å². The molecule has 0 radical (unpaired) electrons. The largest absolute Gasteiger partial charge is 0.394 e. The molecule has 10 atom stereocenters. The minimum atomic E-state index is -1.66. The van der Waals surface area contributed by atoms with E-state index in [1.165, 1.54) is 0 Å². The third kappa shape index (κ3) is 3.66. The Hall–Kier alpha value is -0.400. The smallest absolute Gasteiger partial charge is 0.155 e. The molecule has 0 aliphatic carbocycles. The van der Waals surface area contributed by atoms with E-state index in [9.17, 15) is 30.6 Å². The number of ether oxygens (including phenoxy) is 2. The third-order valence-electron chi connectivity index (χ3n) is 4.51. The molecule has 0 bridgehead atoms. The van der Waals surface area contributed by atoms with E-state index in [0.29, 0.717) is 0 Å². The first-order valence-corrected chi connectivity index (χ1v) is 7.42. The Morgan fingerprint density at radius 1 is 0.783 bits per heavy atom. The van der Waals surface area contributed by atoms with Crippen molar-refractivity contribution < 1.29 is 50.3 Å². The van der Waals surface area contributed by atoms with E-state index in [1.54, 1.807) is 0 Å². The molecule has 2 heterocycles. The summed E-state index contributed by atoms with van der Waals surface area (Å²) in [7, 11) is 0. The van der Waals surface area contributed by atoms with Gasteiger partial charge in [-0.2, -0.15) is 0 Å². The summed E-state index contributed by atoms with van der Waals surface area (Å²) in [5.74, 6) is -1.02. The Kier molecular flexibility index (Phi) is 6.30. The first-order valence-electron chi connectivity index (χ1n) is 7.42. The Balaban J connectivity index is 2.15. The van der Waals surface area contributed by atoms with E-state index < -0.39 is 74.3 Å². The number of rotatable bonds is 4. The average molecular weight is 340 g/mol. The van der Waals surface area contributed by atoms with Gasteiger partial charge in [0.1, 0.15) is 36.6 Å². The van der Waals surface area contributed by atoms with Gasteiger partial charge in [0.25, 0.3) is 0 Å². The summed E-state index contributed by atoms with van der Waals surface area (Å²) in [6.45, 7) is -1.23. The van der Waals surface area contributed by atoms with Crippen LogP contribution in [0.3, 0.4) is 0 Å². The quantitative estimate of drug-likeness (QED) is 0.247. The Morgan fingerprint density at radius 3 is 1.91 bits per heavy atom. The molecule has 10 heteroatoms. The summed E-state index contributed by atoms with van der Waals surface area (Å²) in [6, 6.07) is 0. The molecule has 0 saturated carbocycles. The van der Waals surface area contributed by atoms with Crippen molar-refractivity contribution in [2.45, 2.75) is 61.5 Å². The van der Waals surface area contributed by atoms with Crippen molar-refractivity contribution >= 4 is 0 Å². The first-order chi connectivity index (χ1) is 10.8. The summed E-state index contributed by atoms with van der Waals surface area (Å²) in [6.07, 6.45) is -13.0. The summed E-state index contributed by atoms with van der Waals surface area (Å²) in [4.78, 5) is 0. The van der Waals surface area contributed by atoms with E-state index >= 15 is 0 Å². The van der Waals surface area contributed by atoms with Gasteiger partial charge < -0.3 is 50.3 Å². The molecule has 2 fully saturated rings. The SMILES string of the molecule is OC[C@H]1O[C@H](O)C[C@@H]([C@@H](O)[C@@H]2O[C@H](CO)[C@@H](O)[C@H](O)[C@H]2O)[C@H]1O. The molecule has 0 spiro atoms. The van der Waals surface area contributed by atoms with Crippen LogP contribution in [0.5, 0.6) is 0 Å². The molecule has 0 aromatic rings. The third-order valence-corrected chi connectivity index (χ3v) is 4.51. The molecular formula is C13H24O10. The highest BCUT2D eigenvalue weighted by atomic mass is 16.6. The van der Waals surface area contributed by atoms with Crippen LogP contribution in [0.25, 0.3) is 0 Å². The number of aliphatic hydroxyl groups is 8. The lowest BCUT2D eigenvalue weighted by Gasteiger charge is -2.46. The summed E-state index contributed by atoms with van der Waals surface area (Å²) < 4.78 is 10.2. The van der Waals surface area contributed by atoms with Gasteiger partial charge in [-0.3, -0.25) is 0 Å². The molecule has 8 N–H and O–H groups in total. The zero-order valence-electron chi connectivity index (χ0n) is 12.3. The Bertz CT molecular complexity index is 380. The van der Waals surface area contributed by atoms with Crippen LogP contribution in [0, 0.1) is 5.92 Å². The highest BCUT2D eigenvalue weighted by Gasteiger charge is 2.50. The van der Waals surface area contributed by atoms with Gasteiger partial charge in [-0.25, -0.2) is 0 Å². The summed E-state index contributed by atoms with van der Waals surface area (Å²) in [5, 5.41) is 77.9. The lowest BCUT2D eigenvalue weighted by atomic mass is 9.80. The van der Waals surface area contributed by atoms with Gasteiger partial charge in [0.2, 0.25) is 0 Å². The fraction of sp³-hybridized carbons (Fsp3) is 1.00. The minimum Gasteiger partial charge on any atom is -0.394 e. The molecule has 23 heavy (non-hydrogen) atoms. The van der Waals surface area contributed by atoms with E-state index in [4.69, 9.17) is 19.7 Å². The highest BCUT2D eigenvalue weighted by molar-refractivity contribution is 4.99. The van der Waals surface area contributed by atoms with E-state index in [2.05, 4.69) is 0 Å². The Labute approximate surface area is 132 Å². The lowest BCUT2D eigenvalue weighted by molar-refractivity contribution is -0.279. The summed E-state index contributed by atoms with van der Waals surface area (Å²) in [5.41, 5.74) is 0. The van der Waals surface area contributed by atoms with Gasteiger partial charge in [-0.05, 0) is 0 Å². The average Bonchev–Trinajstić information content (AvgIpc) is 2.54. The van der Waals surface area contributed by atoms with Crippen molar-refractivity contribution in [2.24, 2.45) is 5.92 Å². The molecule has 2 aliphatic heterocycles. The Morgan fingerprint density at radius 2 is 1.35 bits per heavy atom. The molecular weight excluding hydrogens is 316 g/mol. The van der Waals surface area contributed by atoms with Crippen LogP contribution >= 0.6 is 0 Å². The monoisotopic (exact) mass is 340 g/mol. The van der Waals surface area contributed by atoms with Crippen LogP contribution in [0.1, 0.15) is 6.42 Å². The minimum absolute atomic E-state index is 0.187. The van der Waals surface area contributed by atoms with Crippen molar-refractivity contribution in [1.82, 2.24) is 0 Å². The fourth-order valence-corrected chi connectivity index (χ4v) is 3.13. The maximum absolute atomic E-state index is 10.4. The van der Waals surface area contributed by atoms with Crippen LogP contribution in [-0.2, 0) is 9.47 Å². The van der Waals surface area contributed by atoms with Gasteiger partial charge in [-0.15, -0.1) is 0 Å². The first kappa shape index (κ1) is 18.9. The van der Waals surface area contributed by atoms with Gasteiger partial charge in [0.05, 0.1) is 25.4 Å². The van der Waals surface area contributed by atoms with Crippen molar-refractivity contribution in [2.75, 3.05) is 13.2 Å². The highest BCUT2D eigenvalue weighted by Crippen LogP contribution is 2.33. The molecule has 0 aromatic heterocycles. The van der Waals surface area contributed by atoms with E-state index in [0.717, 1.165) is 0 Å². The second kappa shape index (κ2) is 7.66. The topological polar surface area (TPSA) is 180 Å². The second-order valence-corrected chi connectivity index (χ2v) is 5.99. The molecule has 10 nitrogen and oxygen atoms in total. The zero-order valence-corrected chi connectivity index (χ0v) is 12.3. The van der Waals surface area contributed by atoms with Gasteiger partial charge in [0, 0.05) is 12.3 Å². The van der Waals surface area contributed by atoms with Crippen molar-refractivity contribution in [1.29, 1.82) is 0 Å². The maximum atomic E-state index is 10.4. The van der Waals surface area contributed by atoms with Crippen molar-refractivity contribution in [3.05, 3.63) is 0 Å². The standard InChI is InChI=1S/C13H24O10/c14-2-5-8(17)4(1-7(16)22-5)9(18)13-12(21)11(20)10(19)6(3-15)23-13/h4-21H,1-3H2/t4-,5-,6-,7+,8-,9-,10-,11+,12-,13+/m1/s1. The van der Waals surface area contributed by atoms with Gasteiger partial charge in [-0.1, -0.05) is 0 Å². The molecule has 0 amide bonds. The predicted molar refractivity (Wildman–Crippen MR) is 71.9 cm³/mol. The zero-order chi connectivity index (χ0) is 17.3. The van der Waals surface area contributed by atoms with E-state index in [1.807, 2.05) is 0 Å². The van der Waals surface area contributed by atoms with Crippen LogP contribution in [0.4, 0.5) is 0 Å². The van der Waals surface area contributed by atoms with Crippen LogP contribution in [0.2, 0.25) is 0 Å². The van der Waals surface area contributed by atoms with Crippen LogP contribution in [0.15, 0.2) is 0 Å². The molecule has 0 aromatic carbocycles. The number of aliphatic hydroxyl groups excluding tert-OH is 8. The molecule has 2 rings (SSSR count). The molecule has 2 aliphatic rings. The van der Waals surface area contributed by atoms with Gasteiger partial charge >= 0.3 is 0 Å². The van der Waals surface area contributed by atoms with Crippen molar-refractivity contribution in [3.8, 4) is 0 Å². The van der Waals surface area contributed by atoms with Gasteiger partial charge in [0.15, 0.2) is 6.29 Å². The van der Waals surface area contributed by atoms with Crippen LogP contribution < -0.4 is 0 Å². The normalized spacial score (nSPS) is 49.8. The second-order valence-electron chi connectivity index (χ2n) is 5.99. The molecule has 2 saturated heterocycles. The lowest BCUT2D eigenvalue weighted by Crippen LogP contribution is -2.64. The molecule has 0 unspecified atom stereocenters. The van der Waals surface area contributed by atoms with Crippen molar-refractivity contribution in [3.63, 3.8) is 0 Å². The fourth-order valence-electron chi connectivity index (χ4n) is 3.13.